The Labute approximate surface area is 156 Å². The van der Waals surface area contributed by atoms with Gasteiger partial charge in [-0.1, -0.05) is 35.9 Å². The van der Waals surface area contributed by atoms with Gasteiger partial charge in [-0.05, 0) is 48.9 Å². The summed E-state index contributed by atoms with van der Waals surface area (Å²) < 4.78 is 0. The lowest BCUT2D eigenvalue weighted by atomic mass is 10.1. The fourth-order valence-corrected chi connectivity index (χ4v) is 2.55. The zero-order valence-corrected chi connectivity index (χ0v) is 14.7. The lowest BCUT2D eigenvalue weighted by Crippen LogP contribution is -2.17. The molecule has 3 rings (SSSR count). The number of hydrogen-bond acceptors (Lipinski definition) is 3. The van der Waals surface area contributed by atoms with Gasteiger partial charge < -0.3 is 10.6 Å². The van der Waals surface area contributed by atoms with Gasteiger partial charge in [0.2, 0.25) is 0 Å². The summed E-state index contributed by atoms with van der Waals surface area (Å²) in [6.45, 7) is 1.79. The molecule has 0 fully saturated rings. The first kappa shape index (κ1) is 17.6. The third kappa shape index (κ3) is 4.07. The zero-order chi connectivity index (χ0) is 18.5. The lowest BCUT2D eigenvalue weighted by molar-refractivity contribution is 0.101. The number of hydrogen-bond donors (Lipinski definition) is 2. The van der Waals surface area contributed by atoms with Crippen LogP contribution >= 0.6 is 11.6 Å². The van der Waals surface area contributed by atoms with Gasteiger partial charge >= 0.3 is 0 Å². The van der Waals surface area contributed by atoms with Gasteiger partial charge in [-0.15, -0.1) is 0 Å². The maximum atomic E-state index is 12.5. The smallest absolute Gasteiger partial charge is 0.257 e. The number of aromatic nitrogens is 1. The summed E-state index contributed by atoms with van der Waals surface area (Å²) in [5.74, 6) is -0.559. The van der Waals surface area contributed by atoms with Crippen LogP contribution in [0.25, 0.3) is 0 Å². The van der Waals surface area contributed by atoms with E-state index in [0.717, 1.165) is 0 Å². The second-order valence-electron chi connectivity index (χ2n) is 5.62. The molecule has 1 aromatic heterocycles. The first-order valence-corrected chi connectivity index (χ1v) is 8.31. The van der Waals surface area contributed by atoms with Gasteiger partial charge in [0.1, 0.15) is 5.15 Å². The molecule has 2 N–H and O–H groups in total. The highest BCUT2D eigenvalue weighted by molar-refractivity contribution is 6.29. The standard InChI is InChI=1S/C20H16ClN3O2/c1-13-16(20(26)23-15-6-3-2-4-7-15)8-5-9-17(13)24-19(25)14-10-11-18(21)22-12-14/h2-12H,1H3,(H,23,26)(H,24,25). The monoisotopic (exact) mass is 365 g/mol. The van der Waals surface area contributed by atoms with Crippen LogP contribution in [-0.2, 0) is 0 Å². The molecule has 26 heavy (non-hydrogen) atoms. The second-order valence-corrected chi connectivity index (χ2v) is 6.01. The van der Waals surface area contributed by atoms with Crippen molar-refractivity contribution in [1.82, 2.24) is 4.98 Å². The summed E-state index contributed by atoms with van der Waals surface area (Å²) in [6, 6.07) is 17.5. The molecule has 0 atom stereocenters. The van der Waals surface area contributed by atoms with Gasteiger partial charge in [0, 0.05) is 23.1 Å². The topological polar surface area (TPSA) is 71.1 Å². The average molecular weight is 366 g/mol. The summed E-state index contributed by atoms with van der Waals surface area (Å²) in [6.07, 6.45) is 1.40. The predicted octanol–water partition coefficient (Wildman–Crippen LogP) is 4.55. The minimum absolute atomic E-state index is 0.238. The molecule has 0 radical (unpaired) electrons. The fraction of sp³-hybridized carbons (Fsp3) is 0.0500. The van der Waals surface area contributed by atoms with E-state index in [-0.39, 0.29) is 11.8 Å². The molecule has 0 aliphatic heterocycles. The summed E-state index contributed by atoms with van der Waals surface area (Å²) in [5, 5.41) is 5.96. The van der Waals surface area contributed by atoms with Crippen LogP contribution in [0.3, 0.4) is 0 Å². The molecule has 130 valence electrons. The Balaban J connectivity index is 1.79. The van der Waals surface area contributed by atoms with Crippen molar-refractivity contribution in [3.8, 4) is 0 Å². The maximum absolute atomic E-state index is 12.5. The van der Waals surface area contributed by atoms with Crippen molar-refractivity contribution in [3.63, 3.8) is 0 Å². The highest BCUT2D eigenvalue weighted by Gasteiger charge is 2.14. The zero-order valence-electron chi connectivity index (χ0n) is 14.0. The van der Waals surface area contributed by atoms with Crippen LogP contribution in [0.4, 0.5) is 11.4 Å². The van der Waals surface area contributed by atoms with E-state index in [1.165, 1.54) is 6.20 Å². The van der Waals surface area contributed by atoms with Gasteiger partial charge in [0.15, 0.2) is 0 Å². The SMILES string of the molecule is Cc1c(NC(=O)c2ccc(Cl)nc2)cccc1C(=O)Nc1ccccc1. The first-order chi connectivity index (χ1) is 12.5. The number of carbonyl (C=O) groups excluding carboxylic acids is 2. The molecule has 1 heterocycles. The number of pyridine rings is 1. The van der Waals surface area contributed by atoms with Gasteiger partial charge in [-0.2, -0.15) is 0 Å². The minimum Gasteiger partial charge on any atom is -0.322 e. The van der Waals surface area contributed by atoms with Crippen LogP contribution in [0.2, 0.25) is 5.15 Å². The summed E-state index contributed by atoms with van der Waals surface area (Å²) in [5.41, 5.74) is 2.81. The van der Waals surface area contributed by atoms with E-state index in [2.05, 4.69) is 15.6 Å². The third-order valence-corrected chi connectivity index (χ3v) is 4.07. The maximum Gasteiger partial charge on any atom is 0.257 e. The van der Waals surface area contributed by atoms with Gasteiger partial charge in [0.05, 0.1) is 5.56 Å². The number of nitrogens with one attached hydrogen (secondary N) is 2. The van der Waals surface area contributed by atoms with Crippen molar-refractivity contribution in [2.45, 2.75) is 6.92 Å². The molecule has 0 spiro atoms. The van der Waals surface area contributed by atoms with Crippen LogP contribution in [0.5, 0.6) is 0 Å². The molecule has 0 saturated heterocycles. The molecule has 0 aliphatic rings. The fourth-order valence-electron chi connectivity index (χ4n) is 2.44. The Morgan fingerprint density at radius 1 is 0.885 bits per heavy atom. The van der Waals surface area contributed by atoms with Crippen LogP contribution in [0.1, 0.15) is 26.3 Å². The first-order valence-electron chi connectivity index (χ1n) is 7.93. The third-order valence-electron chi connectivity index (χ3n) is 3.85. The normalized spacial score (nSPS) is 10.2. The Kier molecular flexibility index (Phi) is 5.29. The molecule has 3 aromatic rings. The van der Waals surface area contributed by atoms with E-state index < -0.39 is 0 Å². The molecule has 2 amide bonds. The van der Waals surface area contributed by atoms with Crippen LogP contribution in [0, 0.1) is 6.92 Å². The second kappa shape index (κ2) is 7.80. The molecule has 5 nitrogen and oxygen atoms in total. The molecule has 0 saturated carbocycles. The molecule has 0 unspecified atom stereocenters. The Morgan fingerprint density at radius 2 is 1.65 bits per heavy atom. The number of benzene rings is 2. The van der Waals surface area contributed by atoms with E-state index in [4.69, 9.17) is 11.6 Å². The molecule has 6 heteroatoms. The predicted molar refractivity (Wildman–Crippen MR) is 103 cm³/mol. The molecule has 0 aliphatic carbocycles. The number of carbonyl (C=O) groups is 2. The number of amides is 2. The van der Waals surface area contributed by atoms with E-state index in [1.54, 1.807) is 37.3 Å². The van der Waals surface area contributed by atoms with E-state index in [1.807, 2.05) is 30.3 Å². The molecular formula is C20H16ClN3O2. The van der Waals surface area contributed by atoms with E-state index in [9.17, 15) is 9.59 Å². The van der Waals surface area contributed by atoms with Crippen LogP contribution in [-0.4, -0.2) is 16.8 Å². The van der Waals surface area contributed by atoms with Crippen molar-refractivity contribution >= 4 is 34.8 Å². The Hall–Kier alpha value is -3.18. The quantitative estimate of drug-likeness (QED) is 0.666. The number of nitrogens with zero attached hydrogens (tertiary/aromatic N) is 1. The summed E-state index contributed by atoms with van der Waals surface area (Å²) in [4.78, 5) is 28.8. The minimum atomic E-state index is -0.321. The number of para-hydroxylation sites is 1. The number of halogens is 1. The van der Waals surface area contributed by atoms with E-state index >= 15 is 0 Å². The largest absolute Gasteiger partial charge is 0.322 e. The van der Waals surface area contributed by atoms with Gasteiger partial charge in [-0.25, -0.2) is 4.98 Å². The molecule has 2 aromatic carbocycles. The average Bonchev–Trinajstić information content (AvgIpc) is 2.64. The van der Waals surface area contributed by atoms with Crippen LogP contribution in [0.15, 0.2) is 66.9 Å². The highest BCUT2D eigenvalue weighted by atomic mass is 35.5. The van der Waals surface area contributed by atoms with Crippen molar-refractivity contribution in [3.05, 3.63) is 88.7 Å². The van der Waals surface area contributed by atoms with Gasteiger partial charge in [-0.3, -0.25) is 9.59 Å². The van der Waals surface area contributed by atoms with Crippen molar-refractivity contribution in [2.75, 3.05) is 10.6 Å². The molecule has 0 bridgehead atoms. The van der Waals surface area contributed by atoms with Crippen molar-refractivity contribution < 1.29 is 9.59 Å². The van der Waals surface area contributed by atoms with Gasteiger partial charge in [0.25, 0.3) is 11.8 Å². The molecular weight excluding hydrogens is 350 g/mol. The van der Waals surface area contributed by atoms with Crippen LogP contribution < -0.4 is 10.6 Å². The van der Waals surface area contributed by atoms with E-state index in [0.29, 0.717) is 33.2 Å². The number of rotatable bonds is 4. The summed E-state index contributed by atoms with van der Waals surface area (Å²) in [7, 11) is 0. The van der Waals surface area contributed by atoms with Crippen molar-refractivity contribution in [1.29, 1.82) is 0 Å². The highest BCUT2D eigenvalue weighted by Crippen LogP contribution is 2.21. The lowest BCUT2D eigenvalue weighted by Gasteiger charge is -2.13. The Morgan fingerprint density at radius 3 is 2.35 bits per heavy atom. The summed E-state index contributed by atoms with van der Waals surface area (Å²) >= 11 is 5.74. The Bertz CT molecular complexity index is 941. The van der Waals surface area contributed by atoms with Crippen molar-refractivity contribution in [2.24, 2.45) is 0 Å². The number of anilines is 2.